The quantitative estimate of drug-likeness (QED) is 0.423. The molecule has 120 valence electrons. The van der Waals surface area contributed by atoms with Gasteiger partial charge < -0.3 is 10.1 Å². The lowest BCUT2D eigenvalue weighted by molar-refractivity contribution is -0.118. The van der Waals surface area contributed by atoms with E-state index >= 15 is 0 Å². The lowest BCUT2D eigenvalue weighted by Gasteiger charge is -2.10. The minimum Gasteiger partial charge on any atom is -0.483 e. The normalized spacial score (nSPS) is 10.0. The molecule has 0 radical (unpaired) electrons. The highest BCUT2D eigenvalue weighted by atomic mass is 79.9. The molecule has 4 N–H and O–H groups in total. The molecule has 0 aliphatic heterocycles. The number of amides is 2. The van der Waals surface area contributed by atoms with E-state index < -0.39 is 5.91 Å². The second-order valence-electron chi connectivity index (χ2n) is 4.82. The van der Waals surface area contributed by atoms with E-state index in [1.165, 1.54) is 0 Å². The summed E-state index contributed by atoms with van der Waals surface area (Å²) in [6.07, 6.45) is 0. The van der Waals surface area contributed by atoms with E-state index in [9.17, 15) is 9.59 Å². The second kappa shape index (κ2) is 7.75. The van der Waals surface area contributed by atoms with Crippen molar-refractivity contribution in [2.75, 3.05) is 11.9 Å². The molecule has 2 aromatic rings. The smallest absolute Gasteiger partial charge is 0.265 e. The van der Waals surface area contributed by atoms with Crippen molar-refractivity contribution in [1.82, 2.24) is 5.43 Å². The van der Waals surface area contributed by atoms with Crippen molar-refractivity contribution >= 4 is 33.4 Å². The Morgan fingerprint density at radius 1 is 1.17 bits per heavy atom. The number of carbonyl (C=O) groups is 2. The van der Waals surface area contributed by atoms with Crippen LogP contribution in [0.4, 0.5) is 5.69 Å². The summed E-state index contributed by atoms with van der Waals surface area (Å²) in [5.41, 5.74) is 4.25. The molecule has 0 atom stereocenters. The Balaban J connectivity index is 1.93. The molecule has 0 aliphatic carbocycles. The number of carbonyl (C=O) groups excluding carboxylic acids is 2. The number of benzene rings is 2. The maximum Gasteiger partial charge on any atom is 0.265 e. The fraction of sp³-hybridized carbons (Fsp3) is 0.125. The van der Waals surface area contributed by atoms with Gasteiger partial charge in [0.15, 0.2) is 6.61 Å². The molecule has 0 unspecified atom stereocenters. The van der Waals surface area contributed by atoms with E-state index in [0.29, 0.717) is 21.5 Å². The molecule has 0 aromatic heterocycles. The van der Waals surface area contributed by atoms with E-state index in [-0.39, 0.29) is 12.5 Å². The summed E-state index contributed by atoms with van der Waals surface area (Å²) >= 11 is 3.29. The molecule has 23 heavy (non-hydrogen) atoms. The van der Waals surface area contributed by atoms with Gasteiger partial charge in [0.1, 0.15) is 5.75 Å². The Bertz CT molecular complexity index is 717. The predicted molar refractivity (Wildman–Crippen MR) is 91.1 cm³/mol. The molecule has 2 aromatic carbocycles. The molecule has 0 spiro atoms. The van der Waals surface area contributed by atoms with Crippen LogP contribution in [-0.2, 0) is 4.79 Å². The Hall–Kier alpha value is -2.38. The number of hydrogen-bond donors (Lipinski definition) is 3. The van der Waals surface area contributed by atoms with Gasteiger partial charge in [0.25, 0.3) is 11.8 Å². The number of nitrogen functional groups attached to an aromatic ring is 1. The summed E-state index contributed by atoms with van der Waals surface area (Å²) in [5, 5.41) is 2.74. The van der Waals surface area contributed by atoms with Crippen LogP contribution in [0.25, 0.3) is 0 Å². The summed E-state index contributed by atoms with van der Waals surface area (Å²) in [4.78, 5) is 23.3. The monoisotopic (exact) mass is 377 g/mol. The number of aryl methyl sites for hydroxylation is 1. The number of nitrogens with one attached hydrogen (secondary N) is 2. The number of rotatable bonds is 5. The molecule has 7 heteroatoms. The number of halogens is 1. The first-order valence-electron chi connectivity index (χ1n) is 6.79. The first kappa shape index (κ1) is 17.0. The van der Waals surface area contributed by atoms with Crippen LogP contribution >= 0.6 is 15.9 Å². The zero-order valence-corrected chi connectivity index (χ0v) is 14.0. The number of ether oxygens (including phenoxy) is 1. The fourth-order valence-electron chi connectivity index (χ4n) is 1.82. The molecule has 0 saturated carbocycles. The Kier molecular flexibility index (Phi) is 5.72. The topological polar surface area (TPSA) is 93.4 Å². The van der Waals surface area contributed by atoms with Crippen molar-refractivity contribution in [2.24, 2.45) is 5.84 Å². The highest BCUT2D eigenvalue weighted by Crippen LogP contribution is 2.26. The third-order valence-electron chi connectivity index (χ3n) is 3.02. The van der Waals surface area contributed by atoms with Crippen molar-refractivity contribution in [3.8, 4) is 5.75 Å². The molecule has 0 heterocycles. The van der Waals surface area contributed by atoms with Gasteiger partial charge in [-0.1, -0.05) is 17.7 Å². The Morgan fingerprint density at radius 2 is 1.87 bits per heavy atom. The molecule has 0 bridgehead atoms. The van der Waals surface area contributed by atoms with E-state index in [2.05, 4.69) is 21.2 Å². The van der Waals surface area contributed by atoms with Crippen LogP contribution in [0.15, 0.2) is 46.9 Å². The van der Waals surface area contributed by atoms with Crippen LogP contribution in [0.5, 0.6) is 5.75 Å². The van der Waals surface area contributed by atoms with Crippen LogP contribution < -0.4 is 21.3 Å². The predicted octanol–water partition coefficient (Wildman–Crippen LogP) is 2.38. The lowest BCUT2D eigenvalue weighted by Crippen LogP contribution is -2.29. The van der Waals surface area contributed by atoms with Gasteiger partial charge in [0, 0.05) is 11.3 Å². The standard InChI is InChI=1S/C16H16BrN3O3/c1-10-2-5-12(6-3-10)19-15(21)9-23-14-7-4-11(8-13(14)17)16(22)20-18/h2-8H,9,18H2,1H3,(H,19,21)(H,20,22). The zero-order chi connectivity index (χ0) is 16.8. The molecular weight excluding hydrogens is 362 g/mol. The van der Waals surface area contributed by atoms with Gasteiger partial charge in [0.2, 0.25) is 0 Å². The first-order valence-corrected chi connectivity index (χ1v) is 7.58. The second-order valence-corrected chi connectivity index (χ2v) is 5.68. The number of anilines is 1. The van der Waals surface area contributed by atoms with Gasteiger partial charge in [-0.15, -0.1) is 0 Å². The number of hydrogen-bond acceptors (Lipinski definition) is 4. The van der Waals surface area contributed by atoms with Gasteiger partial charge in [0.05, 0.1) is 4.47 Å². The molecule has 2 amide bonds. The van der Waals surface area contributed by atoms with Gasteiger partial charge in [-0.3, -0.25) is 15.0 Å². The summed E-state index contributed by atoms with van der Waals surface area (Å²) in [5.74, 6) is 4.85. The van der Waals surface area contributed by atoms with Crippen LogP contribution in [-0.4, -0.2) is 18.4 Å². The zero-order valence-electron chi connectivity index (χ0n) is 12.4. The molecule has 0 saturated heterocycles. The van der Waals surface area contributed by atoms with E-state index in [1.807, 2.05) is 36.6 Å². The average Bonchev–Trinajstić information content (AvgIpc) is 2.55. The lowest BCUT2D eigenvalue weighted by atomic mass is 10.2. The molecular formula is C16H16BrN3O3. The van der Waals surface area contributed by atoms with E-state index in [1.54, 1.807) is 18.2 Å². The maximum absolute atomic E-state index is 11.9. The maximum atomic E-state index is 11.9. The van der Waals surface area contributed by atoms with Gasteiger partial charge >= 0.3 is 0 Å². The highest BCUT2D eigenvalue weighted by molar-refractivity contribution is 9.10. The minimum atomic E-state index is -0.408. The van der Waals surface area contributed by atoms with Crippen molar-refractivity contribution in [3.63, 3.8) is 0 Å². The Labute approximate surface area is 142 Å². The summed E-state index contributed by atoms with van der Waals surface area (Å²) in [7, 11) is 0. The average molecular weight is 378 g/mol. The van der Waals surface area contributed by atoms with Crippen molar-refractivity contribution < 1.29 is 14.3 Å². The van der Waals surface area contributed by atoms with Crippen LogP contribution in [0, 0.1) is 6.92 Å². The van der Waals surface area contributed by atoms with Crippen LogP contribution in [0.3, 0.4) is 0 Å². The van der Waals surface area contributed by atoms with Gasteiger partial charge in [-0.25, -0.2) is 5.84 Å². The minimum absolute atomic E-state index is 0.144. The summed E-state index contributed by atoms with van der Waals surface area (Å²) < 4.78 is 6.00. The largest absolute Gasteiger partial charge is 0.483 e. The third kappa shape index (κ3) is 4.80. The number of nitrogens with two attached hydrogens (primary N) is 1. The van der Waals surface area contributed by atoms with E-state index in [4.69, 9.17) is 10.6 Å². The van der Waals surface area contributed by atoms with Crippen molar-refractivity contribution in [1.29, 1.82) is 0 Å². The molecule has 0 fully saturated rings. The van der Waals surface area contributed by atoms with Gasteiger partial charge in [-0.05, 0) is 53.2 Å². The molecule has 6 nitrogen and oxygen atoms in total. The van der Waals surface area contributed by atoms with E-state index in [0.717, 1.165) is 5.56 Å². The summed E-state index contributed by atoms with van der Waals surface area (Å²) in [6, 6.07) is 12.2. The van der Waals surface area contributed by atoms with Crippen LogP contribution in [0.2, 0.25) is 0 Å². The summed E-state index contributed by atoms with van der Waals surface area (Å²) in [6.45, 7) is 1.83. The fourth-order valence-corrected chi connectivity index (χ4v) is 2.31. The van der Waals surface area contributed by atoms with Crippen molar-refractivity contribution in [3.05, 3.63) is 58.1 Å². The van der Waals surface area contributed by atoms with Gasteiger partial charge in [-0.2, -0.15) is 0 Å². The number of hydrazine groups is 1. The van der Waals surface area contributed by atoms with Crippen molar-refractivity contribution in [2.45, 2.75) is 6.92 Å². The SMILES string of the molecule is Cc1ccc(NC(=O)COc2ccc(C(=O)NN)cc2Br)cc1. The molecule has 0 aliphatic rings. The third-order valence-corrected chi connectivity index (χ3v) is 3.64. The highest BCUT2D eigenvalue weighted by Gasteiger charge is 2.10. The van der Waals surface area contributed by atoms with Crippen LogP contribution in [0.1, 0.15) is 15.9 Å². The molecule has 2 rings (SSSR count). The first-order chi connectivity index (χ1) is 11.0. The Morgan fingerprint density at radius 3 is 2.48 bits per heavy atom.